The lowest BCUT2D eigenvalue weighted by atomic mass is 9.97. The molecule has 6 unspecified atom stereocenters. The van der Waals surface area contributed by atoms with E-state index in [1.54, 1.807) is 18.7 Å². The molecule has 11 heteroatoms. The molecule has 0 spiro atoms. The second kappa shape index (κ2) is 12.9. The fraction of sp³-hybridized carbons (Fsp3) is 0.800. The second-order valence-corrected chi connectivity index (χ2v) is 9.00. The van der Waals surface area contributed by atoms with Gasteiger partial charge in [0.1, 0.15) is 18.1 Å². The Hall–Kier alpha value is -1.85. The van der Waals surface area contributed by atoms with Crippen molar-refractivity contribution in [3.05, 3.63) is 0 Å². The number of amides is 3. The Bertz CT molecular complexity index is 647. The summed E-state index contributed by atoms with van der Waals surface area (Å²) in [5.74, 6) is -2.40. The smallest absolute Gasteiger partial charge is 0.326 e. The summed E-state index contributed by atoms with van der Waals surface area (Å²) in [5.41, 5.74) is 5.90. The minimum Gasteiger partial charge on any atom is -0.480 e. The van der Waals surface area contributed by atoms with Crippen LogP contribution in [0.4, 0.5) is 0 Å². The lowest BCUT2D eigenvalue weighted by Gasteiger charge is -2.31. The number of nitrogens with zero attached hydrogens (tertiary/aromatic N) is 1. The van der Waals surface area contributed by atoms with E-state index in [2.05, 4.69) is 10.6 Å². The first-order chi connectivity index (χ1) is 14.5. The molecule has 0 aromatic carbocycles. The molecule has 1 fully saturated rings. The van der Waals surface area contributed by atoms with Crippen LogP contribution in [0, 0.1) is 5.92 Å². The van der Waals surface area contributed by atoms with Crippen LogP contribution in [0.5, 0.6) is 0 Å². The maximum absolute atomic E-state index is 13.0. The van der Waals surface area contributed by atoms with E-state index >= 15 is 0 Å². The van der Waals surface area contributed by atoms with E-state index in [9.17, 15) is 29.4 Å². The highest BCUT2D eigenvalue weighted by atomic mass is 32.2. The molecule has 0 aromatic rings. The first-order valence-electron chi connectivity index (χ1n) is 10.6. The van der Waals surface area contributed by atoms with Crippen molar-refractivity contribution in [2.45, 2.75) is 76.7 Å². The number of carbonyl (C=O) groups is 4. The number of aliphatic hydroxyl groups is 1. The van der Waals surface area contributed by atoms with Crippen molar-refractivity contribution in [3.8, 4) is 0 Å². The lowest BCUT2D eigenvalue weighted by Crippen LogP contribution is -2.61. The number of hydrogen-bond acceptors (Lipinski definition) is 7. The molecular formula is C20H36N4O6S. The number of aliphatic hydroxyl groups excluding tert-OH is 1. The van der Waals surface area contributed by atoms with Crippen molar-refractivity contribution in [1.29, 1.82) is 0 Å². The number of rotatable bonds is 12. The number of carboxylic acid groups (broad SMARTS) is 1. The number of carboxylic acids is 1. The van der Waals surface area contributed by atoms with Gasteiger partial charge in [-0.25, -0.2) is 4.79 Å². The van der Waals surface area contributed by atoms with Crippen molar-refractivity contribution in [1.82, 2.24) is 15.5 Å². The standard InChI is InChI=1S/C20H36N4O6S/c1-5-11(2)15(22-17(26)13(21)8-10-31-4)18(27)23-16(12(3)25)19(28)24-9-6-7-14(24)20(29)30/h11-16,25H,5-10,21H2,1-4H3,(H,22,26)(H,23,27)(H,29,30). The molecule has 1 rings (SSSR count). The van der Waals surface area contributed by atoms with Gasteiger partial charge in [0.2, 0.25) is 17.7 Å². The van der Waals surface area contributed by atoms with Crippen molar-refractivity contribution >= 4 is 35.5 Å². The molecule has 1 aliphatic heterocycles. The Morgan fingerprint density at radius 3 is 2.29 bits per heavy atom. The van der Waals surface area contributed by atoms with Gasteiger partial charge in [0.25, 0.3) is 0 Å². The highest BCUT2D eigenvalue weighted by Crippen LogP contribution is 2.19. The topological polar surface area (TPSA) is 162 Å². The Balaban J connectivity index is 2.95. The molecule has 10 nitrogen and oxygen atoms in total. The Morgan fingerprint density at radius 2 is 1.77 bits per heavy atom. The zero-order chi connectivity index (χ0) is 23.7. The van der Waals surface area contributed by atoms with Gasteiger partial charge in [0.15, 0.2) is 0 Å². The molecule has 1 aliphatic rings. The molecule has 0 aliphatic carbocycles. The van der Waals surface area contributed by atoms with Gasteiger partial charge in [0, 0.05) is 6.54 Å². The van der Waals surface area contributed by atoms with Crippen LogP contribution in [-0.4, -0.2) is 87.6 Å². The van der Waals surface area contributed by atoms with Crippen LogP contribution >= 0.6 is 11.8 Å². The summed E-state index contributed by atoms with van der Waals surface area (Å²) in [7, 11) is 0. The summed E-state index contributed by atoms with van der Waals surface area (Å²) in [4.78, 5) is 51.0. The molecule has 0 aromatic heterocycles. The van der Waals surface area contributed by atoms with Crippen LogP contribution in [0.1, 0.15) is 46.5 Å². The molecule has 178 valence electrons. The first kappa shape index (κ1) is 27.2. The van der Waals surface area contributed by atoms with Crippen LogP contribution in [0.15, 0.2) is 0 Å². The van der Waals surface area contributed by atoms with E-state index in [4.69, 9.17) is 5.73 Å². The van der Waals surface area contributed by atoms with Gasteiger partial charge < -0.3 is 31.5 Å². The normalized spacial score (nSPS) is 21.0. The molecule has 6 N–H and O–H groups in total. The molecule has 1 heterocycles. The number of aliphatic carboxylic acids is 1. The second-order valence-electron chi connectivity index (χ2n) is 8.01. The predicted octanol–water partition coefficient (Wildman–Crippen LogP) is -0.461. The largest absolute Gasteiger partial charge is 0.480 e. The highest BCUT2D eigenvalue weighted by molar-refractivity contribution is 7.98. The van der Waals surface area contributed by atoms with E-state index in [1.165, 1.54) is 11.8 Å². The molecule has 3 amide bonds. The fourth-order valence-electron chi connectivity index (χ4n) is 3.44. The number of nitrogens with two attached hydrogens (primary N) is 1. The van der Waals surface area contributed by atoms with Crippen molar-refractivity contribution < 1.29 is 29.4 Å². The molecular weight excluding hydrogens is 424 g/mol. The van der Waals surface area contributed by atoms with Crippen molar-refractivity contribution in [2.24, 2.45) is 11.7 Å². The third-order valence-electron chi connectivity index (χ3n) is 5.63. The first-order valence-corrected chi connectivity index (χ1v) is 12.0. The third-order valence-corrected chi connectivity index (χ3v) is 6.27. The molecule has 0 saturated carbocycles. The Morgan fingerprint density at radius 1 is 1.16 bits per heavy atom. The quantitative estimate of drug-likeness (QED) is 0.261. The van der Waals surface area contributed by atoms with Gasteiger partial charge >= 0.3 is 5.97 Å². The molecule has 1 saturated heterocycles. The average Bonchev–Trinajstić information content (AvgIpc) is 3.22. The number of thioether (sulfide) groups is 1. The summed E-state index contributed by atoms with van der Waals surface area (Å²) >= 11 is 1.56. The van der Waals surface area contributed by atoms with E-state index in [0.29, 0.717) is 31.4 Å². The zero-order valence-electron chi connectivity index (χ0n) is 18.7. The minimum atomic E-state index is -1.32. The van der Waals surface area contributed by atoms with Crippen LogP contribution in [0.25, 0.3) is 0 Å². The minimum absolute atomic E-state index is 0.241. The fourth-order valence-corrected chi connectivity index (χ4v) is 3.93. The Kier molecular flexibility index (Phi) is 11.3. The molecule has 6 atom stereocenters. The predicted molar refractivity (Wildman–Crippen MR) is 118 cm³/mol. The van der Waals surface area contributed by atoms with Crippen LogP contribution in [0.2, 0.25) is 0 Å². The lowest BCUT2D eigenvalue weighted by molar-refractivity contribution is -0.151. The molecule has 31 heavy (non-hydrogen) atoms. The van der Waals surface area contributed by atoms with Crippen LogP contribution in [0.3, 0.4) is 0 Å². The summed E-state index contributed by atoms with van der Waals surface area (Å²) < 4.78 is 0. The van der Waals surface area contributed by atoms with E-state index in [0.717, 1.165) is 0 Å². The Labute approximate surface area is 187 Å². The van der Waals surface area contributed by atoms with Gasteiger partial charge in [-0.05, 0) is 44.1 Å². The number of hydrogen-bond donors (Lipinski definition) is 5. The van der Waals surface area contributed by atoms with Crippen LogP contribution in [-0.2, 0) is 19.2 Å². The van der Waals surface area contributed by atoms with Gasteiger partial charge in [-0.1, -0.05) is 20.3 Å². The van der Waals surface area contributed by atoms with Gasteiger partial charge in [-0.15, -0.1) is 0 Å². The number of carbonyl (C=O) groups excluding carboxylic acids is 3. The van der Waals surface area contributed by atoms with E-state index in [1.807, 2.05) is 13.2 Å². The van der Waals surface area contributed by atoms with E-state index < -0.39 is 54.0 Å². The van der Waals surface area contributed by atoms with Crippen molar-refractivity contribution in [2.75, 3.05) is 18.6 Å². The van der Waals surface area contributed by atoms with Gasteiger partial charge in [-0.2, -0.15) is 11.8 Å². The number of nitrogens with one attached hydrogen (secondary N) is 2. The highest BCUT2D eigenvalue weighted by Gasteiger charge is 2.40. The molecule has 0 radical (unpaired) electrons. The van der Waals surface area contributed by atoms with E-state index in [-0.39, 0.29) is 12.5 Å². The van der Waals surface area contributed by atoms with Crippen LogP contribution < -0.4 is 16.4 Å². The zero-order valence-corrected chi connectivity index (χ0v) is 19.5. The maximum atomic E-state index is 13.0. The SMILES string of the molecule is CCC(C)C(NC(=O)C(N)CCSC)C(=O)NC(C(=O)N1CCCC1C(=O)O)C(C)O. The van der Waals surface area contributed by atoms with Gasteiger partial charge in [-0.3, -0.25) is 14.4 Å². The maximum Gasteiger partial charge on any atom is 0.326 e. The van der Waals surface area contributed by atoms with Crippen molar-refractivity contribution in [3.63, 3.8) is 0 Å². The summed E-state index contributed by atoms with van der Waals surface area (Å²) in [6, 6.07) is -4.01. The molecule has 0 bridgehead atoms. The third kappa shape index (κ3) is 7.65. The summed E-state index contributed by atoms with van der Waals surface area (Å²) in [6.07, 6.45) is 2.55. The van der Waals surface area contributed by atoms with Gasteiger partial charge in [0.05, 0.1) is 12.1 Å². The average molecular weight is 461 g/mol. The monoisotopic (exact) mass is 460 g/mol. The number of likely N-dealkylation sites (tertiary alicyclic amines) is 1. The summed E-state index contributed by atoms with van der Waals surface area (Å²) in [5, 5.41) is 24.7. The summed E-state index contributed by atoms with van der Waals surface area (Å²) in [6.45, 7) is 5.25.